The molecule has 2 saturated carbocycles. The van der Waals surface area contributed by atoms with Crippen LogP contribution in [0.1, 0.15) is 53.7 Å². The van der Waals surface area contributed by atoms with Crippen molar-refractivity contribution in [1.29, 1.82) is 0 Å². The molecular formula is C28H31F2N5O4. The summed E-state index contributed by atoms with van der Waals surface area (Å²) in [5.74, 6) is 0.554. The fourth-order valence-corrected chi connectivity index (χ4v) is 5.56. The summed E-state index contributed by atoms with van der Waals surface area (Å²) in [6, 6.07) is 4.14. The van der Waals surface area contributed by atoms with Gasteiger partial charge in [0.15, 0.2) is 0 Å². The Hall–Kier alpha value is -3.60. The number of halogens is 2. The first-order valence-electron chi connectivity index (χ1n) is 13.3. The predicted octanol–water partition coefficient (Wildman–Crippen LogP) is 4.03. The number of aromatic amines is 1. The highest BCUT2D eigenvalue weighted by atomic mass is 19.3. The van der Waals surface area contributed by atoms with Crippen molar-refractivity contribution >= 4 is 22.8 Å². The summed E-state index contributed by atoms with van der Waals surface area (Å²) in [5.41, 5.74) is 2.41. The number of aryl methyl sites for hydroxylation is 1. The minimum absolute atomic E-state index is 0.0110. The van der Waals surface area contributed by atoms with E-state index in [1.807, 2.05) is 0 Å². The summed E-state index contributed by atoms with van der Waals surface area (Å²) in [6.45, 7) is 3.33. The van der Waals surface area contributed by atoms with Crippen LogP contribution in [-0.4, -0.2) is 71.1 Å². The molecule has 1 spiro atoms. The molecule has 2 amide bonds. The minimum Gasteiger partial charge on any atom is -0.493 e. The first-order valence-corrected chi connectivity index (χ1v) is 13.3. The van der Waals surface area contributed by atoms with Crippen molar-refractivity contribution in [2.24, 2.45) is 11.3 Å². The second kappa shape index (κ2) is 9.86. The maximum absolute atomic E-state index is 13.6. The van der Waals surface area contributed by atoms with Gasteiger partial charge < -0.3 is 24.7 Å². The van der Waals surface area contributed by atoms with Gasteiger partial charge in [0.05, 0.1) is 23.7 Å². The topological polar surface area (TPSA) is 109 Å². The molecule has 9 nitrogen and oxygen atoms in total. The van der Waals surface area contributed by atoms with E-state index < -0.39 is 6.43 Å². The summed E-state index contributed by atoms with van der Waals surface area (Å²) in [4.78, 5) is 39.8. The van der Waals surface area contributed by atoms with Gasteiger partial charge >= 0.3 is 0 Å². The smallest absolute Gasteiger partial charge is 0.263 e. The van der Waals surface area contributed by atoms with E-state index in [1.54, 1.807) is 17.9 Å². The van der Waals surface area contributed by atoms with Crippen LogP contribution in [0.4, 0.5) is 8.78 Å². The molecule has 39 heavy (non-hydrogen) atoms. The second-order valence-corrected chi connectivity index (χ2v) is 11.0. The molecule has 1 aromatic carbocycles. The number of fused-ring (bicyclic) bond motifs is 1. The van der Waals surface area contributed by atoms with Crippen LogP contribution >= 0.6 is 0 Å². The van der Waals surface area contributed by atoms with Gasteiger partial charge in [-0.05, 0) is 56.7 Å². The molecule has 3 fully saturated rings. The molecule has 3 heterocycles. The maximum Gasteiger partial charge on any atom is 0.263 e. The molecule has 3 aromatic rings. The lowest BCUT2D eigenvalue weighted by Gasteiger charge is -2.18. The molecule has 0 bridgehead atoms. The second-order valence-electron chi connectivity index (χ2n) is 11.0. The third kappa shape index (κ3) is 4.84. The quantitative estimate of drug-likeness (QED) is 0.425. The Kier molecular flexibility index (Phi) is 6.49. The number of alkyl halides is 2. The van der Waals surface area contributed by atoms with Crippen molar-refractivity contribution in [3.63, 3.8) is 0 Å². The van der Waals surface area contributed by atoms with Crippen molar-refractivity contribution in [3.8, 4) is 17.0 Å². The Morgan fingerprint density at radius 1 is 1.26 bits per heavy atom. The van der Waals surface area contributed by atoms with Gasteiger partial charge in [-0.1, -0.05) is 0 Å². The lowest BCUT2D eigenvalue weighted by Crippen LogP contribution is -2.42. The number of likely N-dealkylation sites (tertiary alicyclic amines) is 1. The van der Waals surface area contributed by atoms with Gasteiger partial charge in [0.2, 0.25) is 5.91 Å². The molecule has 0 unspecified atom stereocenters. The number of nitrogens with zero attached hydrogens (tertiary/aromatic N) is 3. The summed E-state index contributed by atoms with van der Waals surface area (Å²) in [5, 5.41) is 3.15. The Morgan fingerprint density at radius 3 is 2.74 bits per heavy atom. The Balaban J connectivity index is 1.32. The van der Waals surface area contributed by atoms with Crippen LogP contribution in [0, 0.1) is 18.3 Å². The first-order chi connectivity index (χ1) is 18.8. The SMILES string of the molecule is COCC(=O)N1C[C@@H](NC(=O)c2c(C)[nH]c3c(-c4cc(C(F)F)ccc4OCC4CC4)ncnc23)C2(CC2)C1. The minimum atomic E-state index is -2.65. The molecule has 206 valence electrons. The monoisotopic (exact) mass is 539 g/mol. The van der Waals surface area contributed by atoms with Crippen molar-refractivity contribution in [2.45, 2.75) is 45.1 Å². The highest BCUT2D eigenvalue weighted by Gasteiger charge is 2.56. The summed E-state index contributed by atoms with van der Waals surface area (Å²) in [6.07, 6.45) is 2.76. The fourth-order valence-electron chi connectivity index (χ4n) is 5.56. The number of aromatic nitrogens is 3. The highest BCUT2D eigenvalue weighted by molar-refractivity contribution is 6.09. The summed E-state index contributed by atoms with van der Waals surface area (Å²) < 4.78 is 38.3. The van der Waals surface area contributed by atoms with Crippen LogP contribution in [-0.2, 0) is 9.53 Å². The zero-order valence-corrected chi connectivity index (χ0v) is 21.9. The molecule has 11 heteroatoms. The van der Waals surface area contributed by atoms with Gasteiger partial charge in [-0.3, -0.25) is 9.59 Å². The van der Waals surface area contributed by atoms with Gasteiger partial charge in [-0.2, -0.15) is 0 Å². The van der Waals surface area contributed by atoms with Crippen LogP contribution < -0.4 is 10.1 Å². The van der Waals surface area contributed by atoms with Crippen molar-refractivity contribution in [2.75, 3.05) is 33.4 Å². The lowest BCUT2D eigenvalue weighted by atomic mass is 10.00. The normalized spacial score (nSPS) is 19.7. The average molecular weight is 540 g/mol. The van der Waals surface area contributed by atoms with Gasteiger partial charge in [0.25, 0.3) is 12.3 Å². The highest BCUT2D eigenvalue weighted by Crippen LogP contribution is 2.53. The molecule has 2 aliphatic carbocycles. The number of methoxy groups -OCH3 is 1. The third-order valence-corrected chi connectivity index (χ3v) is 8.15. The van der Waals surface area contributed by atoms with Gasteiger partial charge in [0, 0.05) is 42.4 Å². The lowest BCUT2D eigenvalue weighted by molar-refractivity contribution is -0.134. The first kappa shape index (κ1) is 25.7. The Labute approximate surface area is 224 Å². The Morgan fingerprint density at radius 2 is 2.05 bits per heavy atom. The van der Waals surface area contributed by atoms with Crippen LogP contribution in [0.25, 0.3) is 22.3 Å². The van der Waals surface area contributed by atoms with E-state index in [-0.39, 0.29) is 35.4 Å². The average Bonchev–Trinajstić information content (AvgIpc) is 3.82. The van der Waals surface area contributed by atoms with E-state index >= 15 is 0 Å². The summed E-state index contributed by atoms with van der Waals surface area (Å²) in [7, 11) is 1.49. The number of hydrogen-bond donors (Lipinski definition) is 2. The summed E-state index contributed by atoms with van der Waals surface area (Å²) >= 11 is 0. The van der Waals surface area contributed by atoms with Gasteiger partial charge in [-0.15, -0.1) is 0 Å². The van der Waals surface area contributed by atoms with E-state index in [1.165, 1.54) is 25.6 Å². The number of amides is 2. The molecule has 0 radical (unpaired) electrons. The molecule has 3 aliphatic rings. The molecule has 1 aliphatic heterocycles. The number of carbonyl (C=O) groups is 2. The van der Waals surface area contributed by atoms with Crippen LogP contribution in [0.15, 0.2) is 24.5 Å². The Bertz CT molecular complexity index is 1430. The molecule has 1 saturated heterocycles. The molecule has 2 N–H and O–H groups in total. The van der Waals surface area contributed by atoms with E-state index in [0.29, 0.717) is 64.9 Å². The predicted molar refractivity (Wildman–Crippen MR) is 139 cm³/mol. The molecular weight excluding hydrogens is 508 g/mol. The number of benzene rings is 1. The number of nitrogens with one attached hydrogen (secondary N) is 2. The van der Waals surface area contributed by atoms with Crippen molar-refractivity contribution in [1.82, 2.24) is 25.2 Å². The van der Waals surface area contributed by atoms with E-state index in [0.717, 1.165) is 25.7 Å². The van der Waals surface area contributed by atoms with Crippen LogP contribution in [0.5, 0.6) is 5.75 Å². The number of carbonyl (C=O) groups excluding carboxylic acids is 2. The van der Waals surface area contributed by atoms with Gasteiger partial charge in [0.1, 0.15) is 29.9 Å². The van der Waals surface area contributed by atoms with E-state index in [4.69, 9.17) is 9.47 Å². The standard InChI is InChI=1S/C28H31F2N5O4/c1-15-22(27(37)34-20-10-35(21(36)12-38-2)13-28(20)7-8-28)24-25(33-15)23(31-14-32-24)18-9-17(26(29)30)5-6-19(18)39-11-16-3-4-16/h5-6,9,14,16,20,26,33H,3-4,7-8,10-13H2,1-2H3,(H,34,37)/t20-/m1/s1. The molecule has 2 aromatic heterocycles. The number of rotatable bonds is 9. The van der Waals surface area contributed by atoms with Crippen LogP contribution in [0.3, 0.4) is 0 Å². The number of ether oxygens (including phenoxy) is 2. The zero-order valence-electron chi connectivity index (χ0n) is 21.9. The van der Waals surface area contributed by atoms with E-state index in [9.17, 15) is 18.4 Å². The van der Waals surface area contributed by atoms with Crippen molar-refractivity contribution in [3.05, 3.63) is 41.3 Å². The number of hydrogen-bond acceptors (Lipinski definition) is 6. The number of H-pyrrole nitrogens is 1. The fraction of sp³-hybridized carbons (Fsp3) is 0.500. The zero-order chi connectivity index (χ0) is 27.3. The largest absolute Gasteiger partial charge is 0.493 e. The van der Waals surface area contributed by atoms with Crippen LogP contribution in [0.2, 0.25) is 0 Å². The molecule has 1 atom stereocenters. The third-order valence-electron chi connectivity index (χ3n) is 8.15. The molecule has 6 rings (SSSR count). The van der Waals surface area contributed by atoms with E-state index in [2.05, 4.69) is 20.3 Å². The van der Waals surface area contributed by atoms with Gasteiger partial charge in [-0.25, -0.2) is 18.7 Å². The van der Waals surface area contributed by atoms with Crippen molar-refractivity contribution < 1.29 is 27.8 Å². The maximum atomic E-state index is 13.6.